The third-order valence-electron chi connectivity index (χ3n) is 5.28. The van der Waals surface area contributed by atoms with E-state index in [1.807, 2.05) is 18.5 Å². The molecule has 3 heterocycles. The smallest absolute Gasteiger partial charge is 0.0530 e. The molecular formula is C18H31N5. The number of hydrazine groups is 1. The van der Waals surface area contributed by atoms with Gasteiger partial charge in [0.15, 0.2) is 0 Å². The first-order valence-corrected chi connectivity index (χ1v) is 9.17. The highest BCUT2D eigenvalue weighted by Gasteiger charge is 2.27. The molecule has 2 aliphatic rings. The Morgan fingerprint density at radius 3 is 3.17 bits per heavy atom. The van der Waals surface area contributed by atoms with Crippen molar-refractivity contribution < 1.29 is 0 Å². The van der Waals surface area contributed by atoms with Gasteiger partial charge in [0.1, 0.15) is 0 Å². The fourth-order valence-electron chi connectivity index (χ4n) is 3.83. The van der Waals surface area contributed by atoms with Gasteiger partial charge >= 0.3 is 0 Å². The number of likely N-dealkylation sites (tertiary alicyclic amines) is 1. The monoisotopic (exact) mass is 317 g/mol. The first kappa shape index (κ1) is 16.8. The van der Waals surface area contributed by atoms with Crippen LogP contribution in [0.3, 0.4) is 0 Å². The third kappa shape index (κ3) is 4.73. The van der Waals surface area contributed by atoms with E-state index in [0.29, 0.717) is 12.0 Å². The third-order valence-corrected chi connectivity index (χ3v) is 5.28. The van der Waals surface area contributed by atoms with Crippen LogP contribution < -0.4 is 16.2 Å². The predicted octanol–water partition coefficient (Wildman–Crippen LogP) is 1.70. The van der Waals surface area contributed by atoms with Crippen molar-refractivity contribution in [3.63, 3.8) is 0 Å². The molecule has 23 heavy (non-hydrogen) atoms. The van der Waals surface area contributed by atoms with Gasteiger partial charge in [-0.05, 0) is 57.5 Å². The Balaban J connectivity index is 1.35. The molecule has 0 aromatic carbocycles. The highest BCUT2D eigenvalue weighted by molar-refractivity contribution is 5.16. The number of nitrogens with one attached hydrogen (secondary N) is 3. The lowest BCUT2D eigenvalue weighted by molar-refractivity contribution is 0.158. The van der Waals surface area contributed by atoms with Crippen molar-refractivity contribution in [3.05, 3.63) is 30.1 Å². The van der Waals surface area contributed by atoms with Crippen LogP contribution in [0, 0.1) is 5.92 Å². The van der Waals surface area contributed by atoms with Crippen LogP contribution in [0.2, 0.25) is 0 Å². The van der Waals surface area contributed by atoms with Crippen molar-refractivity contribution in [1.29, 1.82) is 0 Å². The van der Waals surface area contributed by atoms with Crippen molar-refractivity contribution in [2.45, 2.75) is 44.7 Å². The Morgan fingerprint density at radius 1 is 1.39 bits per heavy atom. The van der Waals surface area contributed by atoms with Gasteiger partial charge in [-0.1, -0.05) is 12.5 Å². The molecule has 128 valence electrons. The average Bonchev–Trinajstić information content (AvgIpc) is 3.05. The van der Waals surface area contributed by atoms with Gasteiger partial charge in [-0.2, -0.15) is 0 Å². The molecule has 3 unspecified atom stereocenters. The van der Waals surface area contributed by atoms with Crippen molar-refractivity contribution in [3.8, 4) is 0 Å². The van der Waals surface area contributed by atoms with Gasteiger partial charge in [0.2, 0.25) is 0 Å². The van der Waals surface area contributed by atoms with Crippen molar-refractivity contribution in [1.82, 2.24) is 26.1 Å². The normalized spacial score (nSPS) is 29.0. The molecule has 2 fully saturated rings. The first-order chi connectivity index (χ1) is 11.3. The van der Waals surface area contributed by atoms with Gasteiger partial charge in [0, 0.05) is 37.4 Å². The summed E-state index contributed by atoms with van der Waals surface area (Å²) in [6.07, 6.45) is 9.21. The number of pyridine rings is 1. The Labute approximate surface area is 140 Å². The van der Waals surface area contributed by atoms with Crippen LogP contribution in [0.5, 0.6) is 0 Å². The van der Waals surface area contributed by atoms with Gasteiger partial charge in [0.25, 0.3) is 0 Å². The molecule has 3 rings (SSSR count). The van der Waals surface area contributed by atoms with Crippen LogP contribution in [-0.2, 0) is 0 Å². The fraction of sp³-hybridized carbons (Fsp3) is 0.722. The maximum Gasteiger partial charge on any atom is 0.0530 e. The lowest BCUT2D eigenvalue weighted by atomic mass is 9.96. The molecule has 1 aromatic heterocycles. The van der Waals surface area contributed by atoms with Gasteiger partial charge < -0.3 is 10.2 Å². The molecule has 0 saturated carbocycles. The number of aromatic nitrogens is 1. The van der Waals surface area contributed by atoms with E-state index in [1.165, 1.54) is 44.3 Å². The summed E-state index contributed by atoms with van der Waals surface area (Å²) in [6, 6.07) is 5.31. The topological polar surface area (TPSA) is 52.2 Å². The Bertz CT molecular complexity index is 452. The second kappa shape index (κ2) is 8.73. The summed E-state index contributed by atoms with van der Waals surface area (Å²) < 4.78 is 0. The number of nitrogens with zero attached hydrogens (tertiary/aromatic N) is 2. The summed E-state index contributed by atoms with van der Waals surface area (Å²) >= 11 is 0. The lowest BCUT2D eigenvalue weighted by Crippen LogP contribution is -2.39. The molecule has 2 aliphatic heterocycles. The van der Waals surface area contributed by atoms with Crippen LogP contribution in [0.15, 0.2) is 24.5 Å². The van der Waals surface area contributed by atoms with E-state index in [2.05, 4.69) is 39.0 Å². The van der Waals surface area contributed by atoms with Crippen LogP contribution in [0.25, 0.3) is 0 Å². The molecule has 1 aromatic rings. The van der Waals surface area contributed by atoms with Crippen LogP contribution in [0.4, 0.5) is 0 Å². The number of hydrogen-bond donors (Lipinski definition) is 3. The van der Waals surface area contributed by atoms with E-state index in [0.717, 1.165) is 25.7 Å². The standard InChI is InChI=1S/C18H31N5/c1-15-6-2-3-10-23(15)11-5-9-20-13-17-14-21-22-18(17)16-7-4-8-19-12-16/h4,7-8,12,15,17-18,20-22H,2-3,5-6,9-11,13-14H2,1H3. The second-order valence-corrected chi connectivity index (χ2v) is 6.99. The van der Waals surface area contributed by atoms with E-state index in [-0.39, 0.29) is 0 Å². The van der Waals surface area contributed by atoms with E-state index in [9.17, 15) is 0 Å². The van der Waals surface area contributed by atoms with E-state index in [4.69, 9.17) is 0 Å². The van der Waals surface area contributed by atoms with Crippen molar-refractivity contribution >= 4 is 0 Å². The summed E-state index contributed by atoms with van der Waals surface area (Å²) in [5.74, 6) is 0.577. The van der Waals surface area contributed by atoms with Gasteiger partial charge in [-0.3, -0.25) is 10.4 Å². The Kier molecular flexibility index (Phi) is 6.39. The predicted molar refractivity (Wildman–Crippen MR) is 94.0 cm³/mol. The zero-order valence-corrected chi connectivity index (χ0v) is 14.3. The zero-order chi connectivity index (χ0) is 15.9. The van der Waals surface area contributed by atoms with Crippen molar-refractivity contribution in [2.75, 3.05) is 32.7 Å². The molecule has 0 radical (unpaired) electrons. The Hall–Kier alpha value is -1.01. The molecule has 5 nitrogen and oxygen atoms in total. The summed E-state index contributed by atoms with van der Waals surface area (Å²) in [5, 5.41) is 3.65. The molecule has 5 heteroatoms. The second-order valence-electron chi connectivity index (χ2n) is 6.99. The molecule has 0 bridgehead atoms. The van der Waals surface area contributed by atoms with E-state index < -0.39 is 0 Å². The van der Waals surface area contributed by atoms with Gasteiger partial charge in [0.05, 0.1) is 6.04 Å². The molecule has 2 saturated heterocycles. The molecule has 3 N–H and O–H groups in total. The van der Waals surface area contributed by atoms with E-state index in [1.54, 1.807) is 0 Å². The number of piperidine rings is 1. The fourth-order valence-corrected chi connectivity index (χ4v) is 3.83. The molecule has 0 aliphatic carbocycles. The molecule has 0 spiro atoms. The van der Waals surface area contributed by atoms with Gasteiger partial charge in [-0.15, -0.1) is 0 Å². The summed E-state index contributed by atoms with van der Waals surface area (Å²) in [4.78, 5) is 6.89. The first-order valence-electron chi connectivity index (χ1n) is 9.17. The zero-order valence-electron chi connectivity index (χ0n) is 14.3. The minimum atomic E-state index is 0.360. The van der Waals surface area contributed by atoms with Crippen LogP contribution >= 0.6 is 0 Å². The van der Waals surface area contributed by atoms with Crippen LogP contribution in [0.1, 0.15) is 44.2 Å². The molecule has 0 amide bonds. The van der Waals surface area contributed by atoms with Crippen LogP contribution in [-0.4, -0.2) is 48.6 Å². The number of rotatable bonds is 7. The molecule has 3 atom stereocenters. The van der Waals surface area contributed by atoms with Gasteiger partial charge in [-0.25, -0.2) is 5.43 Å². The van der Waals surface area contributed by atoms with Crippen molar-refractivity contribution in [2.24, 2.45) is 5.92 Å². The summed E-state index contributed by atoms with van der Waals surface area (Å²) in [6.45, 7) is 8.08. The summed E-state index contributed by atoms with van der Waals surface area (Å²) in [7, 11) is 0. The average molecular weight is 317 g/mol. The number of hydrogen-bond acceptors (Lipinski definition) is 5. The maximum absolute atomic E-state index is 4.24. The lowest BCUT2D eigenvalue weighted by Gasteiger charge is -2.33. The SMILES string of the molecule is CC1CCCCN1CCCNCC1CNNC1c1cccnc1. The largest absolute Gasteiger partial charge is 0.316 e. The highest BCUT2D eigenvalue weighted by atomic mass is 15.4. The maximum atomic E-state index is 4.24. The summed E-state index contributed by atoms with van der Waals surface area (Å²) in [5.41, 5.74) is 7.95. The quantitative estimate of drug-likeness (QED) is 0.668. The highest BCUT2D eigenvalue weighted by Crippen LogP contribution is 2.23. The minimum Gasteiger partial charge on any atom is -0.316 e. The Morgan fingerprint density at radius 2 is 2.35 bits per heavy atom. The molecular weight excluding hydrogens is 286 g/mol. The minimum absolute atomic E-state index is 0.360. The van der Waals surface area contributed by atoms with E-state index >= 15 is 0 Å².